The van der Waals surface area contributed by atoms with Crippen molar-refractivity contribution in [1.29, 1.82) is 0 Å². The Bertz CT molecular complexity index is 172. The van der Waals surface area contributed by atoms with Crippen molar-refractivity contribution in [3.05, 3.63) is 12.7 Å². The molecule has 0 N–H and O–H groups in total. The van der Waals surface area contributed by atoms with Gasteiger partial charge in [0.05, 0.1) is 0 Å². The van der Waals surface area contributed by atoms with Crippen LogP contribution in [0.1, 0.15) is 39.0 Å². The van der Waals surface area contributed by atoms with E-state index >= 15 is 0 Å². The zero-order valence-electron chi connectivity index (χ0n) is 7.23. The lowest BCUT2D eigenvalue weighted by molar-refractivity contribution is -0.123. The average Bonchev–Trinajstić information content (AvgIpc) is 2.35. The standard InChI is InChI=1S/C10H16O/c1-3-7-10(4-2)8-5-6-9(10)11/h4H,2-3,5-8H2,1H3. The number of hydrogen-bond donors (Lipinski definition) is 0. The number of carbonyl (C=O) groups is 1. The molecular weight excluding hydrogens is 136 g/mol. The number of rotatable bonds is 3. The van der Waals surface area contributed by atoms with Gasteiger partial charge in [0.1, 0.15) is 5.78 Å². The first-order valence-corrected chi connectivity index (χ1v) is 4.42. The van der Waals surface area contributed by atoms with E-state index in [0.29, 0.717) is 5.78 Å². The second-order valence-electron chi connectivity index (χ2n) is 3.39. The van der Waals surface area contributed by atoms with Crippen molar-refractivity contribution in [2.24, 2.45) is 5.41 Å². The molecule has 0 radical (unpaired) electrons. The molecule has 0 amide bonds. The molecule has 0 bridgehead atoms. The van der Waals surface area contributed by atoms with Crippen molar-refractivity contribution in [1.82, 2.24) is 0 Å². The lowest BCUT2D eigenvalue weighted by Gasteiger charge is -2.21. The largest absolute Gasteiger partial charge is 0.299 e. The smallest absolute Gasteiger partial charge is 0.142 e. The Hall–Kier alpha value is -0.590. The van der Waals surface area contributed by atoms with Crippen LogP contribution in [-0.2, 0) is 4.79 Å². The minimum absolute atomic E-state index is 0.130. The van der Waals surface area contributed by atoms with Crippen LogP contribution in [0.2, 0.25) is 0 Å². The van der Waals surface area contributed by atoms with Gasteiger partial charge in [-0.3, -0.25) is 4.79 Å². The molecule has 0 spiro atoms. The summed E-state index contributed by atoms with van der Waals surface area (Å²) in [6, 6.07) is 0. The SMILES string of the molecule is C=CC1(CCC)CCCC1=O. The molecule has 1 nitrogen and oxygen atoms in total. The van der Waals surface area contributed by atoms with Crippen molar-refractivity contribution >= 4 is 5.78 Å². The lowest BCUT2D eigenvalue weighted by atomic mass is 9.81. The van der Waals surface area contributed by atoms with E-state index in [2.05, 4.69) is 13.5 Å². The summed E-state index contributed by atoms with van der Waals surface area (Å²) in [6.45, 7) is 5.88. The van der Waals surface area contributed by atoms with Crippen molar-refractivity contribution in [3.63, 3.8) is 0 Å². The van der Waals surface area contributed by atoms with Crippen LogP contribution in [0.3, 0.4) is 0 Å². The van der Waals surface area contributed by atoms with Crippen molar-refractivity contribution in [2.45, 2.75) is 39.0 Å². The number of allylic oxidation sites excluding steroid dienone is 1. The zero-order chi connectivity index (χ0) is 8.32. The maximum atomic E-state index is 11.4. The van der Waals surface area contributed by atoms with Gasteiger partial charge in [0.15, 0.2) is 0 Å². The molecule has 1 rings (SSSR count). The van der Waals surface area contributed by atoms with Gasteiger partial charge in [0.2, 0.25) is 0 Å². The predicted octanol–water partition coefficient (Wildman–Crippen LogP) is 2.71. The summed E-state index contributed by atoms with van der Waals surface area (Å²) in [6.07, 6.45) is 6.80. The first kappa shape index (κ1) is 8.51. The van der Waals surface area contributed by atoms with E-state index in [0.717, 1.165) is 32.1 Å². The normalized spacial score (nSPS) is 30.8. The van der Waals surface area contributed by atoms with E-state index in [-0.39, 0.29) is 5.41 Å². The summed E-state index contributed by atoms with van der Waals surface area (Å²) >= 11 is 0. The van der Waals surface area contributed by atoms with E-state index in [1.807, 2.05) is 6.08 Å². The Kier molecular flexibility index (Phi) is 2.48. The summed E-state index contributed by atoms with van der Waals surface area (Å²) in [4.78, 5) is 11.4. The van der Waals surface area contributed by atoms with Crippen LogP contribution in [0.25, 0.3) is 0 Å². The molecular formula is C10H16O. The highest BCUT2D eigenvalue weighted by molar-refractivity contribution is 5.88. The Balaban J connectivity index is 2.73. The highest BCUT2D eigenvalue weighted by atomic mass is 16.1. The van der Waals surface area contributed by atoms with Gasteiger partial charge >= 0.3 is 0 Å². The van der Waals surface area contributed by atoms with E-state index in [9.17, 15) is 4.79 Å². The van der Waals surface area contributed by atoms with Gasteiger partial charge in [-0.15, -0.1) is 6.58 Å². The molecule has 1 unspecified atom stereocenters. The third-order valence-corrected chi connectivity index (χ3v) is 2.67. The molecule has 1 atom stereocenters. The summed E-state index contributed by atoms with van der Waals surface area (Å²) < 4.78 is 0. The topological polar surface area (TPSA) is 17.1 Å². The highest BCUT2D eigenvalue weighted by Gasteiger charge is 2.37. The Labute approximate surface area is 68.5 Å². The third kappa shape index (κ3) is 1.37. The Morgan fingerprint density at radius 3 is 2.82 bits per heavy atom. The monoisotopic (exact) mass is 152 g/mol. The van der Waals surface area contributed by atoms with Gasteiger partial charge in [-0.1, -0.05) is 19.4 Å². The quantitative estimate of drug-likeness (QED) is 0.568. The van der Waals surface area contributed by atoms with Gasteiger partial charge in [-0.05, 0) is 19.3 Å². The molecule has 0 heterocycles. The molecule has 62 valence electrons. The molecule has 0 aromatic carbocycles. The van der Waals surface area contributed by atoms with E-state index in [4.69, 9.17) is 0 Å². The number of ketones is 1. The summed E-state index contributed by atoms with van der Waals surface area (Å²) in [5.74, 6) is 0.411. The minimum atomic E-state index is -0.130. The van der Waals surface area contributed by atoms with E-state index in [1.54, 1.807) is 0 Å². The molecule has 0 aliphatic heterocycles. The zero-order valence-corrected chi connectivity index (χ0v) is 7.23. The lowest BCUT2D eigenvalue weighted by Crippen LogP contribution is -2.22. The molecule has 1 heteroatoms. The Morgan fingerprint density at radius 2 is 2.45 bits per heavy atom. The number of hydrogen-bond acceptors (Lipinski definition) is 1. The van der Waals surface area contributed by atoms with Gasteiger partial charge in [0, 0.05) is 11.8 Å². The van der Waals surface area contributed by atoms with Crippen molar-refractivity contribution in [2.75, 3.05) is 0 Å². The van der Waals surface area contributed by atoms with Crippen LogP contribution in [0.4, 0.5) is 0 Å². The van der Waals surface area contributed by atoms with Gasteiger partial charge < -0.3 is 0 Å². The molecule has 0 aromatic heterocycles. The first-order valence-electron chi connectivity index (χ1n) is 4.42. The molecule has 0 saturated heterocycles. The van der Waals surface area contributed by atoms with Crippen LogP contribution in [-0.4, -0.2) is 5.78 Å². The third-order valence-electron chi connectivity index (χ3n) is 2.67. The fourth-order valence-corrected chi connectivity index (χ4v) is 1.98. The van der Waals surface area contributed by atoms with Crippen LogP contribution in [0.15, 0.2) is 12.7 Å². The fraction of sp³-hybridized carbons (Fsp3) is 0.700. The van der Waals surface area contributed by atoms with E-state index in [1.165, 1.54) is 0 Å². The fourth-order valence-electron chi connectivity index (χ4n) is 1.98. The van der Waals surface area contributed by atoms with Crippen LogP contribution >= 0.6 is 0 Å². The van der Waals surface area contributed by atoms with Crippen LogP contribution in [0.5, 0.6) is 0 Å². The predicted molar refractivity (Wildman–Crippen MR) is 46.4 cm³/mol. The van der Waals surface area contributed by atoms with Crippen molar-refractivity contribution < 1.29 is 4.79 Å². The van der Waals surface area contributed by atoms with Crippen LogP contribution in [0, 0.1) is 5.41 Å². The van der Waals surface area contributed by atoms with Gasteiger partial charge in [-0.25, -0.2) is 0 Å². The highest BCUT2D eigenvalue weighted by Crippen LogP contribution is 2.39. The minimum Gasteiger partial charge on any atom is -0.299 e. The van der Waals surface area contributed by atoms with Gasteiger partial charge in [-0.2, -0.15) is 0 Å². The first-order chi connectivity index (χ1) is 5.25. The van der Waals surface area contributed by atoms with Crippen LogP contribution < -0.4 is 0 Å². The van der Waals surface area contributed by atoms with E-state index < -0.39 is 0 Å². The summed E-state index contributed by atoms with van der Waals surface area (Å²) in [7, 11) is 0. The maximum absolute atomic E-state index is 11.4. The number of carbonyl (C=O) groups excluding carboxylic acids is 1. The summed E-state index contributed by atoms with van der Waals surface area (Å²) in [5, 5.41) is 0. The Morgan fingerprint density at radius 1 is 1.73 bits per heavy atom. The molecule has 1 saturated carbocycles. The average molecular weight is 152 g/mol. The molecule has 0 aromatic rings. The second kappa shape index (κ2) is 3.21. The number of Topliss-reactive ketones (excluding diaryl/α,β-unsaturated/α-hetero) is 1. The molecule has 1 aliphatic carbocycles. The molecule has 1 aliphatic rings. The molecule has 1 fully saturated rings. The van der Waals surface area contributed by atoms with Crippen molar-refractivity contribution in [3.8, 4) is 0 Å². The maximum Gasteiger partial charge on any atom is 0.142 e. The van der Waals surface area contributed by atoms with Gasteiger partial charge in [0.25, 0.3) is 0 Å². The molecule has 11 heavy (non-hydrogen) atoms. The summed E-state index contributed by atoms with van der Waals surface area (Å²) in [5.41, 5.74) is -0.130. The second-order valence-corrected chi connectivity index (χ2v) is 3.39.